The zero-order valence-corrected chi connectivity index (χ0v) is 23.6. The lowest BCUT2D eigenvalue weighted by Crippen LogP contribution is -2.51. The smallest absolute Gasteiger partial charge is 0.330 e. The Balaban J connectivity index is 1.38. The van der Waals surface area contributed by atoms with Crippen LogP contribution in [0.25, 0.3) is 44.1 Å². The van der Waals surface area contributed by atoms with Crippen LogP contribution in [0, 0.1) is 0 Å². The molecule has 0 spiro atoms. The fraction of sp³-hybridized carbons (Fsp3) is 0.0769. The molecule has 3 heteroatoms. The third-order valence-electron chi connectivity index (χ3n) is 10.1. The van der Waals surface area contributed by atoms with Gasteiger partial charge >= 0.3 is 6.85 Å². The van der Waals surface area contributed by atoms with Crippen LogP contribution in [0.3, 0.4) is 0 Å². The molecule has 10 rings (SSSR count). The van der Waals surface area contributed by atoms with E-state index in [-0.39, 0.29) is 12.3 Å². The first kappa shape index (κ1) is 22.6. The van der Waals surface area contributed by atoms with Crippen molar-refractivity contribution < 1.29 is 0 Å². The van der Waals surface area contributed by atoms with Crippen molar-refractivity contribution in [3.8, 4) is 22.3 Å². The highest BCUT2D eigenvalue weighted by Gasteiger charge is 2.48. The van der Waals surface area contributed by atoms with Gasteiger partial charge in [-0.05, 0) is 69.1 Å². The SMILES string of the molecule is CC1(C)c2ccccc2N(c2ccccc2)c2ccc3c(c21)B1c2c-3cccc2-c2cccc3c4ccccc4n1c23. The molecule has 0 unspecified atom stereocenters. The summed E-state index contributed by atoms with van der Waals surface area (Å²) in [5.74, 6) is 0. The molecule has 0 saturated heterocycles. The molecule has 0 fully saturated rings. The summed E-state index contributed by atoms with van der Waals surface area (Å²) in [6.45, 7) is 4.97. The van der Waals surface area contributed by atoms with Gasteiger partial charge < -0.3 is 9.38 Å². The Morgan fingerprint density at radius 2 is 1.19 bits per heavy atom. The molecular formula is C39H27BN2. The minimum Gasteiger partial charge on any atom is -0.375 e. The van der Waals surface area contributed by atoms with Crippen LogP contribution in [0.5, 0.6) is 0 Å². The van der Waals surface area contributed by atoms with Gasteiger partial charge in [0.05, 0.1) is 5.69 Å². The first-order chi connectivity index (χ1) is 20.6. The van der Waals surface area contributed by atoms with Gasteiger partial charge in [0.2, 0.25) is 0 Å². The highest BCUT2D eigenvalue weighted by molar-refractivity contribution is 6.91. The van der Waals surface area contributed by atoms with E-state index < -0.39 is 0 Å². The summed E-state index contributed by atoms with van der Waals surface area (Å²) in [7, 11) is 0. The number of hydrogen-bond acceptors (Lipinski definition) is 1. The van der Waals surface area contributed by atoms with Crippen molar-refractivity contribution in [2.75, 3.05) is 4.90 Å². The third kappa shape index (κ3) is 2.55. The molecule has 0 N–H and O–H groups in total. The second kappa shape index (κ2) is 7.63. The Morgan fingerprint density at radius 1 is 0.524 bits per heavy atom. The number of nitrogens with zero attached hydrogens (tertiary/aromatic N) is 2. The van der Waals surface area contributed by atoms with Crippen LogP contribution in [-0.2, 0) is 5.41 Å². The van der Waals surface area contributed by atoms with Gasteiger partial charge in [0, 0.05) is 44.2 Å². The quantitative estimate of drug-likeness (QED) is 0.192. The molecule has 196 valence electrons. The first-order valence-electron chi connectivity index (χ1n) is 14.9. The Bertz CT molecular complexity index is 2290. The van der Waals surface area contributed by atoms with E-state index in [9.17, 15) is 0 Å². The van der Waals surface area contributed by atoms with Gasteiger partial charge in [-0.25, -0.2) is 0 Å². The Hall–Kier alpha value is -5.02. The van der Waals surface area contributed by atoms with E-state index in [0.717, 1.165) is 0 Å². The molecule has 0 bridgehead atoms. The molecule has 0 amide bonds. The summed E-state index contributed by atoms with van der Waals surface area (Å²) in [6, 6.07) is 47.4. The zero-order valence-electron chi connectivity index (χ0n) is 23.6. The molecule has 0 aliphatic carbocycles. The monoisotopic (exact) mass is 534 g/mol. The van der Waals surface area contributed by atoms with Crippen LogP contribution in [0.1, 0.15) is 25.0 Å². The van der Waals surface area contributed by atoms with Crippen molar-refractivity contribution in [2.24, 2.45) is 0 Å². The second-order valence-corrected chi connectivity index (χ2v) is 12.5. The predicted octanol–water partition coefficient (Wildman–Crippen LogP) is 8.52. The summed E-state index contributed by atoms with van der Waals surface area (Å²) >= 11 is 0. The summed E-state index contributed by atoms with van der Waals surface area (Å²) < 4.78 is 2.67. The fourth-order valence-corrected chi connectivity index (χ4v) is 8.56. The van der Waals surface area contributed by atoms with Gasteiger partial charge in [0.15, 0.2) is 0 Å². The van der Waals surface area contributed by atoms with Crippen LogP contribution in [0.15, 0.2) is 127 Å². The molecule has 42 heavy (non-hydrogen) atoms. The number of aromatic nitrogens is 1. The summed E-state index contributed by atoms with van der Waals surface area (Å²) in [6.07, 6.45) is 0. The van der Waals surface area contributed by atoms with Gasteiger partial charge in [0.1, 0.15) is 0 Å². The van der Waals surface area contributed by atoms with Crippen molar-refractivity contribution in [3.63, 3.8) is 0 Å². The van der Waals surface area contributed by atoms with Crippen molar-refractivity contribution in [1.29, 1.82) is 0 Å². The molecule has 0 radical (unpaired) electrons. The molecule has 6 aromatic carbocycles. The van der Waals surface area contributed by atoms with Crippen molar-refractivity contribution >= 4 is 56.6 Å². The van der Waals surface area contributed by atoms with E-state index in [2.05, 4.69) is 151 Å². The number of anilines is 3. The minimum absolute atomic E-state index is 0.112. The van der Waals surface area contributed by atoms with Crippen LogP contribution >= 0.6 is 0 Å². The highest BCUT2D eigenvalue weighted by atomic mass is 15.2. The van der Waals surface area contributed by atoms with E-state index in [4.69, 9.17) is 0 Å². The predicted molar refractivity (Wildman–Crippen MR) is 178 cm³/mol. The lowest BCUT2D eigenvalue weighted by Gasteiger charge is -2.44. The maximum atomic E-state index is 2.67. The largest absolute Gasteiger partial charge is 0.375 e. The summed E-state index contributed by atoms with van der Waals surface area (Å²) in [4.78, 5) is 2.49. The standard InChI is InChI=1S/C39H27BN2/c1-39(2)31-19-7-9-21-33(31)41(24-12-4-3-5-13-24)34-23-22-28-26-15-10-16-27-30-18-11-17-29-25-14-6-8-20-32(25)42(38(29)30)40(36(26)27)37(28)35(34)39/h3-23H,1-2H3. The molecular weight excluding hydrogens is 507 g/mol. The Morgan fingerprint density at radius 3 is 2.07 bits per heavy atom. The number of rotatable bonds is 1. The molecule has 3 aliphatic heterocycles. The van der Waals surface area contributed by atoms with E-state index >= 15 is 0 Å². The van der Waals surface area contributed by atoms with Gasteiger partial charge in [-0.1, -0.05) is 111 Å². The van der Waals surface area contributed by atoms with Gasteiger partial charge in [-0.15, -0.1) is 0 Å². The normalized spacial score (nSPS) is 15.0. The molecule has 4 heterocycles. The zero-order chi connectivity index (χ0) is 27.7. The average molecular weight is 534 g/mol. The van der Waals surface area contributed by atoms with Gasteiger partial charge in [0.25, 0.3) is 0 Å². The first-order valence-corrected chi connectivity index (χ1v) is 14.9. The van der Waals surface area contributed by atoms with Crippen LogP contribution in [0.2, 0.25) is 0 Å². The van der Waals surface area contributed by atoms with Crippen molar-refractivity contribution in [3.05, 3.63) is 139 Å². The fourth-order valence-electron chi connectivity index (χ4n) is 8.56. The molecule has 1 aromatic heterocycles. The van der Waals surface area contributed by atoms with E-state index in [1.165, 1.54) is 83.2 Å². The van der Waals surface area contributed by atoms with E-state index in [0.29, 0.717) is 0 Å². The van der Waals surface area contributed by atoms with E-state index in [1.807, 2.05) is 0 Å². The number of hydrogen-bond donors (Lipinski definition) is 0. The molecule has 0 saturated carbocycles. The molecule has 2 nitrogen and oxygen atoms in total. The average Bonchev–Trinajstić information content (AvgIpc) is 3.54. The maximum absolute atomic E-state index is 2.67. The Kier molecular flexibility index (Phi) is 4.11. The van der Waals surface area contributed by atoms with Crippen molar-refractivity contribution in [2.45, 2.75) is 19.3 Å². The third-order valence-corrected chi connectivity index (χ3v) is 10.1. The summed E-state index contributed by atoms with van der Waals surface area (Å²) in [5, 5.41) is 2.67. The lowest BCUT2D eigenvalue weighted by atomic mass is 9.47. The summed E-state index contributed by atoms with van der Waals surface area (Å²) in [5.41, 5.74) is 17.4. The molecule has 7 aromatic rings. The number of benzene rings is 6. The van der Waals surface area contributed by atoms with Crippen molar-refractivity contribution in [1.82, 2.24) is 4.48 Å². The molecule has 0 atom stereocenters. The van der Waals surface area contributed by atoms with Gasteiger partial charge in [-0.2, -0.15) is 0 Å². The molecule has 3 aliphatic rings. The van der Waals surface area contributed by atoms with Crippen LogP contribution in [0.4, 0.5) is 17.1 Å². The van der Waals surface area contributed by atoms with Crippen LogP contribution in [-0.4, -0.2) is 11.3 Å². The van der Waals surface area contributed by atoms with E-state index in [1.54, 1.807) is 0 Å². The number of para-hydroxylation sites is 4. The Labute approximate surface area is 245 Å². The van der Waals surface area contributed by atoms with Gasteiger partial charge in [-0.3, -0.25) is 0 Å². The topological polar surface area (TPSA) is 8.17 Å². The second-order valence-electron chi connectivity index (χ2n) is 12.5. The van der Waals surface area contributed by atoms with Crippen LogP contribution < -0.4 is 15.8 Å². The maximum Gasteiger partial charge on any atom is 0.330 e. The number of fused-ring (bicyclic) bond motifs is 11. The highest BCUT2D eigenvalue weighted by Crippen LogP contribution is 2.53. The minimum atomic E-state index is -0.191. The lowest BCUT2D eigenvalue weighted by molar-refractivity contribution is 0.636.